The van der Waals surface area contributed by atoms with Crippen LogP contribution >= 0.6 is 0 Å². The number of aliphatic hydroxyl groups is 1. The van der Waals surface area contributed by atoms with E-state index in [-0.39, 0.29) is 6.04 Å². The molecule has 7 nitrogen and oxygen atoms in total. The number of fused-ring (bicyclic) bond motifs is 1. The second kappa shape index (κ2) is 7.91. The van der Waals surface area contributed by atoms with Gasteiger partial charge in [-0.2, -0.15) is 10.1 Å². The van der Waals surface area contributed by atoms with E-state index in [1.54, 1.807) is 18.0 Å². The van der Waals surface area contributed by atoms with Gasteiger partial charge in [0.25, 0.3) is 0 Å². The van der Waals surface area contributed by atoms with Crippen molar-refractivity contribution in [3.8, 4) is 23.0 Å². The molecule has 0 saturated carbocycles. The van der Waals surface area contributed by atoms with Crippen LogP contribution < -0.4 is 4.74 Å². The van der Waals surface area contributed by atoms with E-state index in [4.69, 9.17) is 9.72 Å². The van der Waals surface area contributed by atoms with Gasteiger partial charge >= 0.3 is 0 Å². The molecule has 1 N–H and O–H groups in total. The van der Waals surface area contributed by atoms with Crippen molar-refractivity contribution in [2.24, 2.45) is 0 Å². The number of hydrogen-bond acceptors (Lipinski definition) is 5. The van der Waals surface area contributed by atoms with Crippen molar-refractivity contribution in [3.63, 3.8) is 0 Å². The van der Waals surface area contributed by atoms with Crippen molar-refractivity contribution in [2.75, 3.05) is 7.11 Å². The number of methoxy groups -OCH3 is 1. The van der Waals surface area contributed by atoms with Gasteiger partial charge in [0.2, 0.25) is 5.88 Å². The highest BCUT2D eigenvalue weighted by Gasteiger charge is 2.21. The van der Waals surface area contributed by atoms with Crippen LogP contribution in [0.3, 0.4) is 0 Å². The molecule has 0 aromatic carbocycles. The lowest BCUT2D eigenvalue weighted by Crippen LogP contribution is -2.20. The molecule has 0 aliphatic rings. The molecule has 4 heterocycles. The van der Waals surface area contributed by atoms with Crippen molar-refractivity contribution < 1.29 is 9.84 Å². The largest absolute Gasteiger partial charge is 0.480 e. The zero-order chi connectivity index (χ0) is 21.4. The molecule has 0 spiro atoms. The first-order valence-corrected chi connectivity index (χ1v) is 10.2. The Bertz CT molecular complexity index is 1180. The van der Waals surface area contributed by atoms with Crippen LogP contribution in [0.4, 0.5) is 0 Å². The number of aryl methyl sites for hydroxylation is 2. The van der Waals surface area contributed by atoms with Gasteiger partial charge in [0.05, 0.1) is 41.5 Å². The number of hydrogen-bond donors (Lipinski definition) is 1. The predicted molar refractivity (Wildman–Crippen MR) is 117 cm³/mol. The topological polar surface area (TPSA) is 78.0 Å². The lowest BCUT2D eigenvalue weighted by molar-refractivity contribution is 0.130. The normalized spacial score (nSPS) is 13.5. The summed E-state index contributed by atoms with van der Waals surface area (Å²) in [6.45, 7) is 8.02. The van der Waals surface area contributed by atoms with Gasteiger partial charge in [-0.15, -0.1) is 0 Å². The Labute approximate surface area is 176 Å². The molecule has 0 unspecified atom stereocenters. The van der Waals surface area contributed by atoms with Gasteiger partial charge in [-0.25, -0.2) is 9.67 Å². The minimum absolute atomic E-state index is 0.0119. The molecule has 30 heavy (non-hydrogen) atoms. The molecular weight excluding hydrogens is 378 g/mol. The molecule has 7 heteroatoms. The highest BCUT2D eigenvalue weighted by Crippen LogP contribution is 2.34. The van der Waals surface area contributed by atoms with E-state index in [9.17, 15) is 5.11 Å². The van der Waals surface area contributed by atoms with Crippen LogP contribution in [0.5, 0.6) is 5.88 Å². The summed E-state index contributed by atoms with van der Waals surface area (Å²) in [6.07, 6.45) is 6.04. The number of pyridine rings is 2. The standard InChI is InChI=1S/C23H27N5O2/c1-6-18(16(4)29)27-13-15(3)22-19(27)12-14(2)21(26-22)17-8-9-20(25-23(17)30-5)28-11-7-10-24-28/h7-13,16,18,29H,6H2,1-5H3/t16-,18-/m0/s1. The lowest BCUT2D eigenvalue weighted by atomic mass is 10.1. The first kappa shape index (κ1) is 20.1. The van der Waals surface area contributed by atoms with E-state index >= 15 is 0 Å². The predicted octanol–water partition coefficient (Wildman–Crippen LogP) is 4.24. The molecule has 156 valence electrons. The monoisotopic (exact) mass is 405 g/mol. The number of rotatable bonds is 6. The maximum absolute atomic E-state index is 10.2. The molecule has 4 aromatic rings. The summed E-state index contributed by atoms with van der Waals surface area (Å²) in [4.78, 5) is 9.62. The average molecular weight is 406 g/mol. The minimum atomic E-state index is -0.441. The van der Waals surface area contributed by atoms with Crippen LogP contribution in [0.1, 0.15) is 37.4 Å². The van der Waals surface area contributed by atoms with Gasteiger partial charge < -0.3 is 14.4 Å². The molecule has 0 amide bonds. The molecule has 0 radical (unpaired) electrons. The van der Waals surface area contributed by atoms with Gasteiger partial charge in [0.1, 0.15) is 0 Å². The zero-order valence-corrected chi connectivity index (χ0v) is 18.0. The van der Waals surface area contributed by atoms with Gasteiger partial charge in [-0.05, 0) is 62.6 Å². The maximum Gasteiger partial charge on any atom is 0.224 e. The summed E-state index contributed by atoms with van der Waals surface area (Å²) < 4.78 is 9.44. The summed E-state index contributed by atoms with van der Waals surface area (Å²) in [7, 11) is 1.61. The minimum Gasteiger partial charge on any atom is -0.480 e. The molecule has 0 saturated heterocycles. The number of ether oxygens (including phenoxy) is 1. The Morgan fingerprint density at radius 3 is 2.60 bits per heavy atom. The Balaban J connectivity index is 1.86. The highest BCUT2D eigenvalue weighted by molar-refractivity contribution is 5.85. The fraction of sp³-hybridized carbons (Fsp3) is 0.348. The van der Waals surface area contributed by atoms with Gasteiger partial charge in [-0.3, -0.25) is 0 Å². The Hall–Kier alpha value is -3.19. The summed E-state index contributed by atoms with van der Waals surface area (Å²) in [5, 5.41) is 14.5. The van der Waals surface area contributed by atoms with Crippen LogP contribution in [0, 0.1) is 13.8 Å². The Morgan fingerprint density at radius 2 is 1.97 bits per heavy atom. The van der Waals surface area contributed by atoms with Crippen molar-refractivity contribution in [3.05, 3.63) is 54.0 Å². The Kier molecular flexibility index (Phi) is 5.30. The van der Waals surface area contributed by atoms with Crippen molar-refractivity contribution in [1.82, 2.24) is 24.3 Å². The van der Waals surface area contributed by atoms with Crippen LogP contribution in [0.2, 0.25) is 0 Å². The molecule has 0 bridgehead atoms. The summed E-state index contributed by atoms with van der Waals surface area (Å²) in [6, 6.07) is 7.89. The highest BCUT2D eigenvalue weighted by atomic mass is 16.5. The van der Waals surface area contributed by atoms with Crippen molar-refractivity contribution in [1.29, 1.82) is 0 Å². The first-order valence-electron chi connectivity index (χ1n) is 10.2. The zero-order valence-electron chi connectivity index (χ0n) is 18.0. The van der Waals surface area contributed by atoms with Crippen LogP contribution in [0.25, 0.3) is 28.1 Å². The van der Waals surface area contributed by atoms with E-state index in [2.05, 4.69) is 40.8 Å². The SMILES string of the molecule is CC[C@@H]([C@H](C)O)n1cc(C)c2nc(-c3ccc(-n4cccn4)nc3OC)c(C)cc21. The molecular formula is C23H27N5O2. The molecule has 4 rings (SSSR count). The number of aromatic nitrogens is 5. The van der Waals surface area contributed by atoms with Crippen molar-refractivity contribution >= 4 is 11.0 Å². The summed E-state index contributed by atoms with van der Waals surface area (Å²) >= 11 is 0. The molecule has 0 fully saturated rings. The van der Waals surface area contributed by atoms with Crippen molar-refractivity contribution in [2.45, 2.75) is 46.3 Å². The van der Waals surface area contributed by atoms with Gasteiger partial charge in [0, 0.05) is 18.6 Å². The molecule has 4 aromatic heterocycles. The van der Waals surface area contributed by atoms with E-state index in [1.165, 1.54) is 0 Å². The maximum atomic E-state index is 10.2. The molecule has 2 atom stereocenters. The third kappa shape index (κ3) is 3.35. The molecule has 0 aliphatic heterocycles. The van der Waals surface area contributed by atoms with E-state index in [0.717, 1.165) is 39.8 Å². The second-order valence-corrected chi connectivity index (χ2v) is 7.63. The third-order valence-corrected chi connectivity index (χ3v) is 5.54. The van der Waals surface area contributed by atoms with E-state index in [1.807, 2.05) is 38.2 Å². The van der Waals surface area contributed by atoms with Gasteiger partial charge in [-0.1, -0.05) is 6.92 Å². The van der Waals surface area contributed by atoms with Gasteiger partial charge in [0.15, 0.2) is 5.82 Å². The fourth-order valence-corrected chi connectivity index (χ4v) is 4.04. The van der Waals surface area contributed by atoms with E-state index < -0.39 is 6.10 Å². The molecule has 0 aliphatic carbocycles. The summed E-state index contributed by atoms with van der Waals surface area (Å²) in [5.74, 6) is 1.19. The van der Waals surface area contributed by atoms with Crippen LogP contribution in [-0.4, -0.2) is 42.6 Å². The first-order chi connectivity index (χ1) is 14.4. The average Bonchev–Trinajstić information content (AvgIpc) is 3.36. The number of nitrogens with zero attached hydrogens (tertiary/aromatic N) is 5. The second-order valence-electron chi connectivity index (χ2n) is 7.63. The van der Waals surface area contributed by atoms with Crippen LogP contribution in [-0.2, 0) is 0 Å². The summed E-state index contributed by atoms with van der Waals surface area (Å²) in [5.41, 5.74) is 5.72. The van der Waals surface area contributed by atoms with Crippen LogP contribution in [0.15, 0.2) is 42.9 Å². The number of aliphatic hydroxyl groups excluding tert-OH is 1. The smallest absolute Gasteiger partial charge is 0.224 e. The fourth-order valence-electron chi connectivity index (χ4n) is 4.04. The van der Waals surface area contributed by atoms with E-state index in [0.29, 0.717) is 11.7 Å². The quantitative estimate of drug-likeness (QED) is 0.519. The Morgan fingerprint density at radius 1 is 1.17 bits per heavy atom. The lowest BCUT2D eigenvalue weighted by Gasteiger charge is -2.21. The third-order valence-electron chi connectivity index (χ3n) is 5.54.